The molecule has 0 radical (unpaired) electrons. The molecule has 0 saturated carbocycles. The number of rotatable bonds is 3. The zero-order chi connectivity index (χ0) is 14.1. The summed E-state index contributed by atoms with van der Waals surface area (Å²) in [5.41, 5.74) is 1.12. The fourth-order valence-electron chi connectivity index (χ4n) is 3.46. The van der Waals surface area contributed by atoms with E-state index in [2.05, 4.69) is 12.2 Å². The maximum absolute atomic E-state index is 12.5. The average Bonchev–Trinajstić information content (AvgIpc) is 2.75. The monoisotopic (exact) mass is 272 g/mol. The topological polar surface area (TPSA) is 49.4 Å². The van der Waals surface area contributed by atoms with Gasteiger partial charge in [0, 0.05) is 6.04 Å². The molecule has 1 fully saturated rings. The Bertz CT molecular complexity index is 500. The van der Waals surface area contributed by atoms with Gasteiger partial charge in [0.25, 0.3) is 11.8 Å². The van der Waals surface area contributed by atoms with Gasteiger partial charge in [-0.3, -0.25) is 14.5 Å². The van der Waals surface area contributed by atoms with Crippen molar-refractivity contribution in [2.75, 3.05) is 13.1 Å². The van der Waals surface area contributed by atoms with Crippen molar-refractivity contribution in [1.29, 1.82) is 0 Å². The molecule has 2 aliphatic rings. The molecule has 3 rings (SSSR count). The van der Waals surface area contributed by atoms with E-state index in [0.29, 0.717) is 17.0 Å². The highest BCUT2D eigenvalue weighted by atomic mass is 16.2. The fourth-order valence-corrected chi connectivity index (χ4v) is 3.46. The number of fused-ring (bicyclic) bond motifs is 1. The number of carbonyl (C=O) groups excluding carboxylic acids is 2. The number of carbonyl (C=O) groups is 2. The predicted molar refractivity (Wildman–Crippen MR) is 76.6 cm³/mol. The minimum atomic E-state index is -0.115. The number of nitrogens with zero attached hydrogens (tertiary/aromatic N) is 1. The van der Waals surface area contributed by atoms with Crippen LogP contribution in [0.5, 0.6) is 0 Å². The standard InChI is InChI=1S/C16H20N2O2/c1-2-14(11-7-9-17-10-8-11)18-15(19)12-5-3-4-6-13(12)16(18)20/h3-6,11,14,17H,2,7-10H2,1H3. The molecule has 2 heterocycles. The molecule has 0 aliphatic carbocycles. The molecule has 2 amide bonds. The molecule has 1 saturated heterocycles. The summed E-state index contributed by atoms with van der Waals surface area (Å²) < 4.78 is 0. The van der Waals surface area contributed by atoms with Crippen LogP contribution in [0.1, 0.15) is 46.9 Å². The van der Waals surface area contributed by atoms with Crippen LogP contribution in [-0.4, -0.2) is 35.8 Å². The first-order chi connectivity index (χ1) is 9.74. The first kappa shape index (κ1) is 13.3. The van der Waals surface area contributed by atoms with Gasteiger partial charge in [-0.1, -0.05) is 19.1 Å². The van der Waals surface area contributed by atoms with Gasteiger partial charge < -0.3 is 5.32 Å². The smallest absolute Gasteiger partial charge is 0.261 e. The highest BCUT2D eigenvalue weighted by molar-refractivity contribution is 6.21. The van der Waals surface area contributed by atoms with Gasteiger partial charge in [-0.25, -0.2) is 0 Å². The Labute approximate surface area is 119 Å². The van der Waals surface area contributed by atoms with Crippen LogP contribution >= 0.6 is 0 Å². The summed E-state index contributed by atoms with van der Waals surface area (Å²) in [6, 6.07) is 7.18. The van der Waals surface area contributed by atoms with E-state index >= 15 is 0 Å². The highest BCUT2D eigenvalue weighted by Crippen LogP contribution is 2.31. The third-order valence-electron chi connectivity index (χ3n) is 4.50. The van der Waals surface area contributed by atoms with Gasteiger partial charge in [-0.2, -0.15) is 0 Å². The Morgan fingerprint density at radius 1 is 1.15 bits per heavy atom. The van der Waals surface area contributed by atoms with Crippen molar-refractivity contribution in [3.8, 4) is 0 Å². The van der Waals surface area contributed by atoms with Crippen LogP contribution < -0.4 is 5.32 Å². The number of hydrogen-bond acceptors (Lipinski definition) is 3. The Kier molecular flexibility index (Phi) is 3.57. The second-order valence-corrected chi connectivity index (χ2v) is 5.59. The molecule has 0 bridgehead atoms. The van der Waals surface area contributed by atoms with Crippen LogP contribution in [0.2, 0.25) is 0 Å². The minimum Gasteiger partial charge on any atom is -0.317 e. The Morgan fingerprint density at radius 3 is 2.20 bits per heavy atom. The van der Waals surface area contributed by atoms with Crippen LogP contribution in [0, 0.1) is 5.92 Å². The summed E-state index contributed by atoms with van der Waals surface area (Å²) in [6.07, 6.45) is 2.90. The van der Waals surface area contributed by atoms with Crippen molar-refractivity contribution in [3.05, 3.63) is 35.4 Å². The summed E-state index contributed by atoms with van der Waals surface area (Å²) >= 11 is 0. The molecular weight excluding hydrogens is 252 g/mol. The second-order valence-electron chi connectivity index (χ2n) is 5.59. The normalized spacial score (nSPS) is 21.1. The summed E-state index contributed by atoms with van der Waals surface area (Å²) in [7, 11) is 0. The van der Waals surface area contributed by atoms with E-state index in [1.807, 2.05) is 12.1 Å². The lowest BCUT2D eigenvalue weighted by Gasteiger charge is -2.35. The van der Waals surface area contributed by atoms with Gasteiger partial charge in [0.2, 0.25) is 0 Å². The van der Waals surface area contributed by atoms with Crippen molar-refractivity contribution in [2.24, 2.45) is 5.92 Å². The van der Waals surface area contributed by atoms with Crippen LogP contribution in [0.25, 0.3) is 0 Å². The first-order valence-corrected chi connectivity index (χ1v) is 7.41. The third-order valence-corrected chi connectivity index (χ3v) is 4.50. The van der Waals surface area contributed by atoms with Crippen molar-refractivity contribution in [2.45, 2.75) is 32.2 Å². The minimum absolute atomic E-state index is 0.0319. The second kappa shape index (κ2) is 5.37. The van der Waals surface area contributed by atoms with E-state index in [1.54, 1.807) is 12.1 Å². The molecule has 4 nitrogen and oxygen atoms in total. The predicted octanol–water partition coefficient (Wildman–Crippen LogP) is 2.06. The first-order valence-electron chi connectivity index (χ1n) is 7.41. The number of imide groups is 1. The van der Waals surface area contributed by atoms with E-state index < -0.39 is 0 Å². The Hall–Kier alpha value is -1.68. The third kappa shape index (κ3) is 2.04. The average molecular weight is 272 g/mol. The molecule has 1 atom stereocenters. The van der Waals surface area contributed by atoms with Crippen LogP contribution in [0.3, 0.4) is 0 Å². The maximum Gasteiger partial charge on any atom is 0.261 e. The molecule has 1 aromatic carbocycles. The molecule has 0 aromatic heterocycles. The molecule has 1 unspecified atom stereocenters. The number of nitrogens with one attached hydrogen (secondary N) is 1. The zero-order valence-corrected chi connectivity index (χ0v) is 11.8. The Balaban J connectivity index is 1.90. The molecule has 2 aliphatic heterocycles. The molecule has 106 valence electrons. The summed E-state index contributed by atoms with van der Waals surface area (Å²) in [5, 5.41) is 3.34. The highest BCUT2D eigenvalue weighted by Gasteiger charge is 2.41. The van der Waals surface area contributed by atoms with Crippen molar-refractivity contribution in [3.63, 3.8) is 0 Å². The van der Waals surface area contributed by atoms with E-state index in [4.69, 9.17) is 0 Å². The Morgan fingerprint density at radius 2 is 1.70 bits per heavy atom. The van der Waals surface area contributed by atoms with Gasteiger partial charge in [0.1, 0.15) is 0 Å². The van der Waals surface area contributed by atoms with Crippen molar-refractivity contribution < 1.29 is 9.59 Å². The van der Waals surface area contributed by atoms with E-state index in [1.165, 1.54) is 4.90 Å². The quantitative estimate of drug-likeness (QED) is 0.857. The largest absolute Gasteiger partial charge is 0.317 e. The number of hydrogen-bond donors (Lipinski definition) is 1. The lowest BCUT2D eigenvalue weighted by Crippen LogP contribution is -2.47. The van der Waals surface area contributed by atoms with E-state index in [9.17, 15) is 9.59 Å². The lowest BCUT2D eigenvalue weighted by molar-refractivity contribution is 0.0496. The SMILES string of the molecule is CCC(C1CCNCC1)N1C(=O)c2ccccc2C1=O. The van der Waals surface area contributed by atoms with Crippen LogP contribution in [-0.2, 0) is 0 Å². The fraction of sp³-hybridized carbons (Fsp3) is 0.500. The number of benzene rings is 1. The van der Waals surface area contributed by atoms with Crippen LogP contribution in [0.4, 0.5) is 0 Å². The number of piperidine rings is 1. The van der Waals surface area contributed by atoms with Gasteiger partial charge in [-0.15, -0.1) is 0 Å². The van der Waals surface area contributed by atoms with E-state index in [-0.39, 0.29) is 17.9 Å². The molecule has 1 N–H and O–H groups in total. The molecule has 4 heteroatoms. The molecule has 1 aromatic rings. The summed E-state index contributed by atoms with van der Waals surface area (Å²) in [4.78, 5) is 26.6. The lowest BCUT2D eigenvalue weighted by atomic mass is 9.87. The van der Waals surface area contributed by atoms with Crippen molar-refractivity contribution >= 4 is 11.8 Å². The van der Waals surface area contributed by atoms with Gasteiger partial charge in [0.05, 0.1) is 11.1 Å². The van der Waals surface area contributed by atoms with Crippen LogP contribution in [0.15, 0.2) is 24.3 Å². The van der Waals surface area contributed by atoms with Gasteiger partial charge in [0.15, 0.2) is 0 Å². The van der Waals surface area contributed by atoms with Gasteiger partial charge in [-0.05, 0) is 50.4 Å². The molecule has 0 spiro atoms. The zero-order valence-electron chi connectivity index (χ0n) is 11.8. The van der Waals surface area contributed by atoms with Crippen molar-refractivity contribution in [1.82, 2.24) is 10.2 Å². The number of amides is 2. The molecular formula is C16H20N2O2. The van der Waals surface area contributed by atoms with E-state index in [0.717, 1.165) is 32.4 Å². The van der Waals surface area contributed by atoms with Gasteiger partial charge >= 0.3 is 0 Å². The summed E-state index contributed by atoms with van der Waals surface area (Å²) in [6.45, 7) is 4.02. The molecule has 20 heavy (non-hydrogen) atoms. The maximum atomic E-state index is 12.5. The summed E-state index contributed by atoms with van der Waals surface area (Å²) in [5.74, 6) is 0.190.